The first kappa shape index (κ1) is 14.5. The maximum atomic E-state index is 12.4. The lowest BCUT2D eigenvalue weighted by Gasteiger charge is -2.09. The minimum atomic E-state index is -2.85. The minimum Gasteiger partial charge on any atom is -0.434 e. The molecule has 21 heavy (non-hydrogen) atoms. The quantitative estimate of drug-likeness (QED) is 0.873. The smallest absolute Gasteiger partial charge is 0.387 e. The Morgan fingerprint density at radius 2 is 2.24 bits per heavy atom. The molecule has 1 saturated heterocycles. The predicted molar refractivity (Wildman–Crippen MR) is 78.3 cm³/mol. The molecule has 4 nitrogen and oxygen atoms in total. The average molecular weight is 358 g/mol. The molecule has 0 aliphatic carbocycles. The van der Waals surface area contributed by atoms with Gasteiger partial charge in [0.1, 0.15) is 11.6 Å². The summed E-state index contributed by atoms with van der Waals surface area (Å²) in [7, 11) is 0. The van der Waals surface area contributed by atoms with Gasteiger partial charge in [-0.15, -0.1) is 0 Å². The number of benzene rings is 1. The van der Waals surface area contributed by atoms with Gasteiger partial charge in [0.2, 0.25) is 0 Å². The minimum absolute atomic E-state index is 0.109. The molecule has 1 aromatic heterocycles. The second kappa shape index (κ2) is 6.11. The highest BCUT2D eigenvalue weighted by atomic mass is 79.9. The van der Waals surface area contributed by atoms with Gasteiger partial charge in [0.15, 0.2) is 0 Å². The molecule has 1 aromatic carbocycles. The van der Waals surface area contributed by atoms with E-state index in [0.717, 1.165) is 36.5 Å². The van der Waals surface area contributed by atoms with Crippen LogP contribution in [0.1, 0.15) is 24.7 Å². The molecule has 0 saturated carbocycles. The van der Waals surface area contributed by atoms with Gasteiger partial charge in [-0.05, 0) is 47.4 Å². The predicted octanol–water partition coefficient (Wildman–Crippen LogP) is 3.87. The van der Waals surface area contributed by atoms with Crippen molar-refractivity contribution in [2.45, 2.75) is 25.5 Å². The van der Waals surface area contributed by atoms with Crippen LogP contribution in [0.2, 0.25) is 0 Å². The zero-order valence-corrected chi connectivity index (χ0v) is 12.7. The van der Waals surface area contributed by atoms with Crippen molar-refractivity contribution in [3.63, 3.8) is 0 Å². The van der Waals surface area contributed by atoms with E-state index in [4.69, 9.17) is 0 Å². The molecule has 1 aliphatic heterocycles. The SMILES string of the molecule is FC(F)Oc1cc(-c2cnc([C@@H]3CCCN3)[nH]2)ccc1Br. The number of nitrogens with zero attached hydrogens (tertiary/aromatic N) is 1. The molecule has 0 bridgehead atoms. The summed E-state index contributed by atoms with van der Waals surface area (Å²) in [6.45, 7) is -1.86. The van der Waals surface area contributed by atoms with Gasteiger partial charge < -0.3 is 15.0 Å². The molecule has 0 spiro atoms. The fraction of sp³-hybridized carbons (Fsp3) is 0.357. The van der Waals surface area contributed by atoms with E-state index in [2.05, 4.69) is 36.0 Å². The zero-order valence-electron chi connectivity index (χ0n) is 11.1. The standard InChI is InChI=1S/C14H14BrF2N3O/c15-9-4-3-8(6-12(9)21-14(16)17)11-7-19-13(20-11)10-2-1-5-18-10/h3-4,6-7,10,14,18H,1-2,5H2,(H,19,20)/t10-/m0/s1. The summed E-state index contributed by atoms with van der Waals surface area (Å²) in [6, 6.07) is 5.31. The van der Waals surface area contributed by atoms with Crippen LogP contribution in [0.15, 0.2) is 28.9 Å². The number of aromatic nitrogens is 2. The third-order valence-electron chi connectivity index (χ3n) is 3.44. The van der Waals surface area contributed by atoms with E-state index in [1.54, 1.807) is 18.3 Å². The average Bonchev–Trinajstić information content (AvgIpc) is 3.10. The van der Waals surface area contributed by atoms with Crippen molar-refractivity contribution in [3.05, 3.63) is 34.7 Å². The molecular weight excluding hydrogens is 344 g/mol. The third-order valence-corrected chi connectivity index (χ3v) is 4.10. The van der Waals surface area contributed by atoms with Gasteiger partial charge in [0.25, 0.3) is 0 Å². The van der Waals surface area contributed by atoms with Crippen LogP contribution < -0.4 is 10.1 Å². The summed E-state index contributed by atoms with van der Waals surface area (Å²) >= 11 is 3.20. The van der Waals surface area contributed by atoms with Gasteiger partial charge in [-0.1, -0.05) is 6.07 Å². The van der Waals surface area contributed by atoms with Crippen LogP contribution in [0.3, 0.4) is 0 Å². The van der Waals surface area contributed by atoms with Gasteiger partial charge in [0, 0.05) is 5.56 Å². The second-order valence-electron chi connectivity index (χ2n) is 4.85. The number of ether oxygens (including phenoxy) is 1. The van der Waals surface area contributed by atoms with Gasteiger partial charge >= 0.3 is 6.61 Å². The van der Waals surface area contributed by atoms with Crippen molar-refractivity contribution in [2.75, 3.05) is 6.54 Å². The van der Waals surface area contributed by atoms with Gasteiger partial charge in [-0.2, -0.15) is 8.78 Å². The Bertz CT molecular complexity index is 626. The van der Waals surface area contributed by atoms with E-state index in [0.29, 0.717) is 4.47 Å². The molecular formula is C14H14BrF2N3O. The monoisotopic (exact) mass is 357 g/mol. The third kappa shape index (κ3) is 3.24. The Labute approximate surface area is 129 Å². The van der Waals surface area contributed by atoms with Gasteiger partial charge in [-0.3, -0.25) is 0 Å². The fourth-order valence-electron chi connectivity index (χ4n) is 2.44. The lowest BCUT2D eigenvalue weighted by atomic mass is 10.1. The van der Waals surface area contributed by atoms with Crippen LogP contribution in [0.25, 0.3) is 11.3 Å². The maximum Gasteiger partial charge on any atom is 0.387 e. The summed E-state index contributed by atoms with van der Waals surface area (Å²) in [5.74, 6) is 0.986. The molecule has 112 valence electrons. The number of aromatic amines is 1. The molecule has 2 heterocycles. The fourth-order valence-corrected chi connectivity index (χ4v) is 2.78. The van der Waals surface area contributed by atoms with Crippen LogP contribution >= 0.6 is 15.9 Å². The number of hydrogen-bond donors (Lipinski definition) is 2. The number of imidazole rings is 1. The van der Waals surface area contributed by atoms with Crippen LogP contribution in [0.5, 0.6) is 5.75 Å². The highest BCUT2D eigenvalue weighted by Crippen LogP contribution is 2.32. The zero-order chi connectivity index (χ0) is 14.8. The van der Waals surface area contributed by atoms with Crippen LogP contribution in [0, 0.1) is 0 Å². The normalized spacial score (nSPS) is 18.4. The summed E-state index contributed by atoms with van der Waals surface area (Å²) in [6.07, 6.45) is 3.89. The highest BCUT2D eigenvalue weighted by molar-refractivity contribution is 9.10. The molecule has 1 aliphatic rings. The molecule has 3 rings (SSSR count). The largest absolute Gasteiger partial charge is 0.434 e. The van der Waals surface area contributed by atoms with E-state index in [1.807, 2.05) is 6.07 Å². The molecule has 0 unspecified atom stereocenters. The van der Waals surface area contributed by atoms with Crippen molar-refractivity contribution in [2.24, 2.45) is 0 Å². The Morgan fingerprint density at radius 1 is 1.38 bits per heavy atom. The Hall–Kier alpha value is -1.47. The van der Waals surface area contributed by atoms with Gasteiger partial charge in [0.05, 0.1) is 22.4 Å². The molecule has 2 aromatic rings. The van der Waals surface area contributed by atoms with E-state index < -0.39 is 6.61 Å². The molecule has 0 radical (unpaired) electrons. The van der Waals surface area contributed by atoms with Crippen molar-refractivity contribution in [3.8, 4) is 17.0 Å². The summed E-state index contributed by atoms with van der Waals surface area (Å²) in [4.78, 5) is 7.61. The van der Waals surface area contributed by atoms with Crippen molar-refractivity contribution < 1.29 is 13.5 Å². The Balaban J connectivity index is 1.86. The second-order valence-corrected chi connectivity index (χ2v) is 5.71. The molecule has 1 atom stereocenters. The van der Waals surface area contributed by atoms with E-state index in [9.17, 15) is 8.78 Å². The number of nitrogens with one attached hydrogen (secondary N) is 2. The molecule has 1 fully saturated rings. The first-order valence-electron chi connectivity index (χ1n) is 6.66. The number of alkyl halides is 2. The first-order valence-corrected chi connectivity index (χ1v) is 7.46. The van der Waals surface area contributed by atoms with Crippen LogP contribution in [-0.4, -0.2) is 23.1 Å². The Morgan fingerprint density at radius 3 is 2.95 bits per heavy atom. The summed E-state index contributed by atoms with van der Waals surface area (Å²) < 4.78 is 29.7. The van der Waals surface area contributed by atoms with Crippen LogP contribution in [0.4, 0.5) is 8.78 Å². The lowest BCUT2D eigenvalue weighted by molar-refractivity contribution is -0.0503. The maximum absolute atomic E-state index is 12.4. The van der Waals surface area contributed by atoms with Crippen LogP contribution in [-0.2, 0) is 0 Å². The molecule has 2 N–H and O–H groups in total. The van der Waals surface area contributed by atoms with Crippen molar-refractivity contribution >= 4 is 15.9 Å². The number of H-pyrrole nitrogens is 1. The lowest BCUT2D eigenvalue weighted by Crippen LogP contribution is -2.14. The topological polar surface area (TPSA) is 49.9 Å². The molecule has 0 amide bonds. The number of halogens is 3. The van der Waals surface area contributed by atoms with E-state index in [1.165, 1.54) is 0 Å². The number of hydrogen-bond acceptors (Lipinski definition) is 3. The summed E-state index contributed by atoms with van der Waals surface area (Å²) in [5.41, 5.74) is 1.54. The Kier molecular flexibility index (Phi) is 4.21. The molecule has 7 heteroatoms. The summed E-state index contributed by atoms with van der Waals surface area (Å²) in [5, 5.41) is 3.36. The van der Waals surface area contributed by atoms with Gasteiger partial charge in [-0.25, -0.2) is 4.98 Å². The first-order chi connectivity index (χ1) is 10.1. The van der Waals surface area contributed by atoms with Crippen molar-refractivity contribution in [1.29, 1.82) is 0 Å². The number of rotatable bonds is 4. The van der Waals surface area contributed by atoms with E-state index >= 15 is 0 Å². The highest BCUT2D eigenvalue weighted by Gasteiger charge is 2.19. The van der Waals surface area contributed by atoms with E-state index in [-0.39, 0.29) is 11.8 Å². The van der Waals surface area contributed by atoms with Crippen molar-refractivity contribution in [1.82, 2.24) is 15.3 Å².